The van der Waals surface area contributed by atoms with Gasteiger partial charge in [0.05, 0.1) is 6.10 Å². The molecule has 0 aliphatic carbocycles. The second-order valence-electron chi connectivity index (χ2n) is 3.11. The van der Waals surface area contributed by atoms with Crippen molar-refractivity contribution in [2.24, 2.45) is 5.73 Å². The predicted molar refractivity (Wildman–Crippen MR) is 49.0 cm³/mol. The molecule has 0 bridgehead atoms. The van der Waals surface area contributed by atoms with E-state index < -0.39 is 18.2 Å². The molecule has 0 aliphatic heterocycles. The molecule has 1 heterocycles. The maximum absolute atomic E-state index is 12.6. The molecule has 0 fully saturated rings. The third kappa shape index (κ3) is 2.25. The Labute approximate surface area is 81.2 Å². The van der Waals surface area contributed by atoms with Crippen LogP contribution in [-0.4, -0.2) is 27.8 Å². The highest BCUT2D eigenvalue weighted by atomic mass is 19.1. The normalized spacial score (nSPS) is 15.2. The van der Waals surface area contributed by atoms with Crippen LogP contribution < -0.4 is 5.73 Å². The van der Waals surface area contributed by atoms with Crippen LogP contribution in [0, 0.1) is 12.9 Å². The summed E-state index contributed by atoms with van der Waals surface area (Å²) in [5.74, 6) is -0.610. The van der Waals surface area contributed by atoms with E-state index in [2.05, 4.69) is 4.98 Å². The van der Waals surface area contributed by atoms with Gasteiger partial charge in [0.2, 0.25) is 5.95 Å². The van der Waals surface area contributed by atoms with Crippen molar-refractivity contribution in [1.29, 1.82) is 0 Å². The number of hydrogen-bond donors (Lipinski definition) is 3. The van der Waals surface area contributed by atoms with Crippen molar-refractivity contribution in [1.82, 2.24) is 4.98 Å². The number of aliphatic hydroxyl groups is 2. The fourth-order valence-corrected chi connectivity index (χ4v) is 1.18. The first-order valence-electron chi connectivity index (χ1n) is 4.24. The molecular weight excluding hydrogens is 187 g/mol. The van der Waals surface area contributed by atoms with Crippen LogP contribution in [0.5, 0.6) is 0 Å². The molecule has 0 aromatic carbocycles. The van der Waals surface area contributed by atoms with E-state index in [0.717, 1.165) is 0 Å². The van der Waals surface area contributed by atoms with Crippen LogP contribution in [0.1, 0.15) is 17.2 Å². The lowest BCUT2D eigenvalue weighted by molar-refractivity contribution is 0.0237. The summed E-state index contributed by atoms with van der Waals surface area (Å²) in [6, 6.07) is 1.20. The van der Waals surface area contributed by atoms with Crippen LogP contribution in [0.3, 0.4) is 0 Å². The van der Waals surface area contributed by atoms with Gasteiger partial charge in [0.15, 0.2) is 0 Å². The fourth-order valence-electron chi connectivity index (χ4n) is 1.18. The van der Waals surface area contributed by atoms with Crippen LogP contribution in [-0.2, 0) is 0 Å². The van der Waals surface area contributed by atoms with Gasteiger partial charge in [-0.2, -0.15) is 4.39 Å². The number of aromatic nitrogens is 1. The minimum absolute atomic E-state index is 0.0576. The number of halogens is 1. The smallest absolute Gasteiger partial charge is 0.213 e. The molecule has 1 aromatic rings. The first kappa shape index (κ1) is 11.0. The second-order valence-corrected chi connectivity index (χ2v) is 3.11. The third-order valence-corrected chi connectivity index (χ3v) is 2.04. The summed E-state index contributed by atoms with van der Waals surface area (Å²) in [4.78, 5) is 3.40. The van der Waals surface area contributed by atoms with Crippen molar-refractivity contribution in [2.45, 2.75) is 19.1 Å². The molecule has 1 rings (SSSR count). The minimum atomic E-state index is -1.12. The molecule has 0 aliphatic rings. The van der Waals surface area contributed by atoms with Crippen molar-refractivity contribution >= 4 is 0 Å². The average Bonchev–Trinajstić information content (AvgIpc) is 2.15. The summed E-state index contributed by atoms with van der Waals surface area (Å²) in [7, 11) is 0. The molecule has 78 valence electrons. The van der Waals surface area contributed by atoms with E-state index in [9.17, 15) is 14.6 Å². The summed E-state index contributed by atoms with van der Waals surface area (Å²) < 4.78 is 12.6. The van der Waals surface area contributed by atoms with E-state index in [1.54, 1.807) is 6.92 Å². The molecule has 0 saturated heterocycles. The Morgan fingerprint density at radius 2 is 2.21 bits per heavy atom. The number of nitrogens with two attached hydrogens (primary N) is 1. The van der Waals surface area contributed by atoms with Gasteiger partial charge in [-0.3, -0.25) is 0 Å². The van der Waals surface area contributed by atoms with Gasteiger partial charge < -0.3 is 15.9 Å². The molecule has 4 nitrogen and oxygen atoms in total. The Kier molecular flexibility index (Phi) is 3.51. The van der Waals surface area contributed by atoms with Crippen LogP contribution in [0.2, 0.25) is 0 Å². The van der Waals surface area contributed by atoms with E-state index in [4.69, 9.17) is 5.73 Å². The maximum atomic E-state index is 12.6. The molecule has 2 atom stereocenters. The number of aliphatic hydroxyl groups excluding tert-OH is 2. The summed E-state index contributed by atoms with van der Waals surface area (Å²) in [6.45, 7) is 1.57. The van der Waals surface area contributed by atoms with Crippen molar-refractivity contribution in [2.75, 3.05) is 6.54 Å². The summed E-state index contributed by atoms with van der Waals surface area (Å²) in [5.41, 5.74) is 6.12. The molecule has 2 unspecified atom stereocenters. The lowest BCUT2D eigenvalue weighted by atomic mass is 10.0. The van der Waals surface area contributed by atoms with Gasteiger partial charge in [-0.05, 0) is 18.6 Å². The molecule has 5 heteroatoms. The van der Waals surface area contributed by atoms with E-state index in [1.807, 2.05) is 0 Å². The highest BCUT2D eigenvalue weighted by Crippen LogP contribution is 2.19. The molecule has 0 amide bonds. The van der Waals surface area contributed by atoms with Gasteiger partial charge in [-0.1, -0.05) is 0 Å². The van der Waals surface area contributed by atoms with E-state index >= 15 is 0 Å². The molecule has 0 saturated carbocycles. The highest BCUT2D eigenvalue weighted by Gasteiger charge is 2.19. The van der Waals surface area contributed by atoms with Crippen LogP contribution in [0.4, 0.5) is 4.39 Å². The number of aryl methyl sites for hydroxylation is 1. The molecular formula is C9H13FN2O2. The molecule has 0 radical (unpaired) electrons. The van der Waals surface area contributed by atoms with Crippen molar-refractivity contribution in [3.8, 4) is 0 Å². The number of pyridine rings is 1. The lowest BCUT2D eigenvalue weighted by Crippen LogP contribution is -2.27. The SMILES string of the molecule is Cc1cc(F)ncc1C(O)C(O)CN. The fraction of sp³-hybridized carbons (Fsp3) is 0.444. The molecule has 4 N–H and O–H groups in total. The monoisotopic (exact) mass is 200 g/mol. The Morgan fingerprint density at radius 1 is 1.57 bits per heavy atom. The van der Waals surface area contributed by atoms with Gasteiger partial charge >= 0.3 is 0 Å². The van der Waals surface area contributed by atoms with Crippen molar-refractivity contribution < 1.29 is 14.6 Å². The van der Waals surface area contributed by atoms with E-state index in [1.165, 1.54) is 12.3 Å². The number of hydrogen-bond acceptors (Lipinski definition) is 4. The number of nitrogens with zero attached hydrogens (tertiary/aromatic N) is 1. The van der Waals surface area contributed by atoms with Gasteiger partial charge in [-0.15, -0.1) is 0 Å². The standard InChI is InChI=1S/C9H13FN2O2/c1-5-2-8(10)12-4-6(5)9(14)7(13)3-11/h2,4,7,9,13-14H,3,11H2,1H3. The Hall–Kier alpha value is -1.04. The van der Waals surface area contributed by atoms with Crippen LogP contribution in [0.25, 0.3) is 0 Å². The molecule has 14 heavy (non-hydrogen) atoms. The Bertz CT molecular complexity index is 320. The molecule has 1 aromatic heterocycles. The van der Waals surface area contributed by atoms with Crippen molar-refractivity contribution in [3.63, 3.8) is 0 Å². The third-order valence-electron chi connectivity index (χ3n) is 2.04. The Morgan fingerprint density at radius 3 is 2.71 bits per heavy atom. The van der Waals surface area contributed by atoms with E-state index in [0.29, 0.717) is 11.1 Å². The molecule has 0 spiro atoms. The zero-order valence-electron chi connectivity index (χ0n) is 7.81. The predicted octanol–water partition coefficient (Wildman–Crippen LogP) is -0.118. The zero-order chi connectivity index (χ0) is 10.7. The van der Waals surface area contributed by atoms with Gasteiger partial charge in [0, 0.05) is 18.3 Å². The highest BCUT2D eigenvalue weighted by molar-refractivity contribution is 5.25. The van der Waals surface area contributed by atoms with Crippen LogP contribution in [0.15, 0.2) is 12.3 Å². The summed E-state index contributed by atoms with van der Waals surface area (Å²) in [5, 5.41) is 18.8. The maximum Gasteiger partial charge on any atom is 0.213 e. The summed E-state index contributed by atoms with van der Waals surface area (Å²) >= 11 is 0. The summed E-state index contributed by atoms with van der Waals surface area (Å²) in [6.07, 6.45) is -0.970. The van der Waals surface area contributed by atoms with Crippen molar-refractivity contribution in [3.05, 3.63) is 29.3 Å². The van der Waals surface area contributed by atoms with Gasteiger partial charge in [0.25, 0.3) is 0 Å². The zero-order valence-corrected chi connectivity index (χ0v) is 7.81. The Balaban J connectivity index is 2.95. The second kappa shape index (κ2) is 4.45. The van der Waals surface area contributed by atoms with Gasteiger partial charge in [0.1, 0.15) is 6.10 Å². The first-order chi connectivity index (χ1) is 6.56. The van der Waals surface area contributed by atoms with E-state index in [-0.39, 0.29) is 6.54 Å². The largest absolute Gasteiger partial charge is 0.389 e. The topological polar surface area (TPSA) is 79.4 Å². The van der Waals surface area contributed by atoms with Gasteiger partial charge in [-0.25, -0.2) is 4.98 Å². The average molecular weight is 200 g/mol. The quantitative estimate of drug-likeness (QED) is 0.594. The van der Waals surface area contributed by atoms with Crippen LogP contribution >= 0.6 is 0 Å². The minimum Gasteiger partial charge on any atom is -0.389 e. The first-order valence-corrected chi connectivity index (χ1v) is 4.24. The number of rotatable bonds is 3. The lowest BCUT2D eigenvalue weighted by Gasteiger charge is -2.17.